The first-order valence-corrected chi connectivity index (χ1v) is 20.1. The van der Waals surface area contributed by atoms with E-state index in [1.807, 2.05) is 11.8 Å². The largest absolute Gasteiger partial charge is 0.500 e. The molecule has 0 saturated carbocycles. The molecule has 0 heterocycles. The highest BCUT2D eigenvalue weighted by Gasteiger charge is 2.37. The van der Waals surface area contributed by atoms with Gasteiger partial charge in [-0.3, -0.25) is 0 Å². The maximum absolute atomic E-state index is 5.62. The van der Waals surface area contributed by atoms with Gasteiger partial charge < -0.3 is 41.6 Å². The average molecular weight is 561 g/mol. The van der Waals surface area contributed by atoms with E-state index in [1.165, 1.54) is 0 Å². The Kier molecular flexibility index (Phi) is 19.2. The Balaban J connectivity index is 4.74. The van der Waals surface area contributed by atoms with Gasteiger partial charge in [0, 0.05) is 61.1 Å². The highest BCUT2D eigenvalue weighted by atomic mass is 32.2. The second-order valence-corrected chi connectivity index (χ2v) is 20.4. The molecule has 0 aromatic heterocycles. The van der Waals surface area contributed by atoms with E-state index in [4.69, 9.17) is 31.0 Å². The molecule has 9 nitrogen and oxygen atoms in total. The van der Waals surface area contributed by atoms with Gasteiger partial charge in [-0.2, -0.15) is 11.8 Å². The summed E-state index contributed by atoms with van der Waals surface area (Å²) in [5, 5.41) is 7.83. The summed E-state index contributed by atoms with van der Waals surface area (Å²) in [4.78, 5) is 0. The second kappa shape index (κ2) is 18.8. The molecule has 0 amide bonds. The molecule has 0 aliphatic rings. The van der Waals surface area contributed by atoms with Crippen LogP contribution in [0.5, 0.6) is 0 Å². The predicted octanol–water partition coefficient (Wildman–Crippen LogP) is 3.39. The Morgan fingerprint density at radius 3 is 1.38 bits per heavy atom. The molecule has 0 aliphatic carbocycles. The zero-order valence-corrected chi connectivity index (χ0v) is 27.1. The Labute approximate surface area is 216 Å². The van der Waals surface area contributed by atoms with Gasteiger partial charge in [0.1, 0.15) is 0 Å². The van der Waals surface area contributed by atoms with Gasteiger partial charge in [0.15, 0.2) is 0 Å². The maximum atomic E-state index is 5.62. The minimum atomic E-state index is -2.50. The van der Waals surface area contributed by atoms with Crippen LogP contribution in [0.3, 0.4) is 0 Å². The van der Waals surface area contributed by atoms with Crippen LogP contribution in [0, 0.1) is 0 Å². The van der Waals surface area contributed by atoms with Crippen LogP contribution in [-0.4, -0.2) is 106 Å². The second-order valence-electron chi connectivity index (χ2n) is 8.65. The van der Waals surface area contributed by atoms with Crippen molar-refractivity contribution in [1.29, 1.82) is 0 Å². The Hall–Kier alpha value is 0.641. The minimum absolute atomic E-state index is 0.204. The quantitative estimate of drug-likeness (QED) is 0.110. The number of rotatable bonds is 23. The van der Waals surface area contributed by atoms with Crippen molar-refractivity contribution in [2.75, 3.05) is 68.6 Å². The van der Waals surface area contributed by atoms with E-state index in [9.17, 15) is 0 Å². The molecule has 0 spiro atoms. The van der Waals surface area contributed by atoms with Crippen molar-refractivity contribution in [3.63, 3.8) is 0 Å². The summed E-state index contributed by atoms with van der Waals surface area (Å²) >= 11 is 1.95. The van der Waals surface area contributed by atoms with Gasteiger partial charge in [-0.05, 0) is 63.3 Å². The molecule has 0 aromatic rings. The van der Waals surface area contributed by atoms with Crippen molar-refractivity contribution in [2.45, 2.75) is 68.8 Å². The molecule has 0 fully saturated rings. The SMILES string of the molecule is CO[Si](C)(CCCNC(NCCC[Si](C)(OC)OC)C(C)SCCC[Si](OC)(OC)OC)OC. The topological polar surface area (TPSA) is 88.7 Å². The van der Waals surface area contributed by atoms with E-state index < -0.39 is 25.9 Å². The minimum Gasteiger partial charge on any atom is -0.398 e. The van der Waals surface area contributed by atoms with Crippen molar-refractivity contribution in [3.05, 3.63) is 0 Å². The van der Waals surface area contributed by atoms with Crippen molar-refractivity contribution < 1.29 is 31.0 Å². The summed E-state index contributed by atoms with van der Waals surface area (Å²) in [6, 6.07) is 2.74. The molecule has 0 rings (SSSR count). The summed E-state index contributed by atoms with van der Waals surface area (Å²) in [7, 11) is 5.42. The summed E-state index contributed by atoms with van der Waals surface area (Å²) in [6.07, 6.45) is 3.22. The summed E-state index contributed by atoms with van der Waals surface area (Å²) in [5.74, 6) is 1.02. The molecular formula is C21H52N2O7SSi3. The number of hydrogen-bond donors (Lipinski definition) is 2. The fourth-order valence-electron chi connectivity index (χ4n) is 3.52. The number of hydrogen-bond acceptors (Lipinski definition) is 10. The van der Waals surface area contributed by atoms with Gasteiger partial charge in [-0.25, -0.2) is 0 Å². The lowest BCUT2D eigenvalue weighted by Gasteiger charge is -2.29. The summed E-state index contributed by atoms with van der Waals surface area (Å²) < 4.78 is 39.1. The van der Waals surface area contributed by atoms with Crippen LogP contribution in [0.25, 0.3) is 0 Å². The van der Waals surface area contributed by atoms with Crippen molar-refractivity contribution >= 4 is 37.7 Å². The number of thioether (sulfide) groups is 1. The normalized spacial score (nSPS) is 14.2. The third kappa shape index (κ3) is 13.3. The van der Waals surface area contributed by atoms with E-state index in [0.29, 0.717) is 5.25 Å². The standard InChI is InChI=1S/C21H52N2O7SSi3/c1-20(31-16-13-19-34(28-6,29-7)30-8)21(22-14-11-17-32(9,24-2)25-3)23-15-12-18-33(10,26-4)27-5/h20-23H,11-19H2,1-10H3. The Morgan fingerprint density at radius 2 is 1.03 bits per heavy atom. The van der Waals surface area contributed by atoms with Crippen LogP contribution in [-0.2, 0) is 31.0 Å². The average Bonchev–Trinajstić information content (AvgIpc) is 2.87. The van der Waals surface area contributed by atoms with Gasteiger partial charge in [0.05, 0.1) is 6.17 Å². The van der Waals surface area contributed by atoms with E-state index in [0.717, 1.165) is 56.2 Å². The fraction of sp³-hybridized carbons (Fsp3) is 1.00. The van der Waals surface area contributed by atoms with Crippen LogP contribution >= 0.6 is 11.8 Å². The van der Waals surface area contributed by atoms with Crippen LogP contribution in [0.15, 0.2) is 0 Å². The van der Waals surface area contributed by atoms with E-state index in [1.54, 1.807) is 49.8 Å². The van der Waals surface area contributed by atoms with E-state index in [-0.39, 0.29) is 6.17 Å². The molecule has 206 valence electrons. The third-order valence-electron chi connectivity index (χ3n) is 6.48. The summed E-state index contributed by atoms with van der Waals surface area (Å²) in [6.45, 7) is 8.31. The van der Waals surface area contributed by atoms with Crippen molar-refractivity contribution in [2.24, 2.45) is 0 Å². The van der Waals surface area contributed by atoms with Crippen LogP contribution in [0.2, 0.25) is 31.2 Å². The van der Waals surface area contributed by atoms with Gasteiger partial charge in [0.25, 0.3) is 0 Å². The van der Waals surface area contributed by atoms with Gasteiger partial charge in [0.2, 0.25) is 0 Å². The monoisotopic (exact) mass is 560 g/mol. The first-order chi connectivity index (χ1) is 16.1. The van der Waals surface area contributed by atoms with Crippen LogP contribution in [0.1, 0.15) is 26.2 Å². The molecule has 34 heavy (non-hydrogen) atoms. The molecule has 1 unspecified atom stereocenters. The van der Waals surface area contributed by atoms with Gasteiger partial charge in [-0.1, -0.05) is 6.92 Å². The zero-order chi connectivity index (χ0) is 26.1. The lowest BCUT2D eigenvalue weighted by Crippen LogP contribution is -2.50. The molecule has 0 bridgehead atoms. The molecule has 13 heteroatoms. The molecular weight excluding hydrogens is 509 g/mol. The highest BCUT2D eigenvalue weighted by Crippen LogP contribution is 2.21. The summed E-state index contributed by atoms with van der Waals surface area (Å²) in [5.41, 5.74) is 0. The van der Waals surface area contributed by atoms with Crippen LogP contribution < -0.4 is 10.6 Å². The van der Waals surface area contributed by atoms with Crippen molar-refractivity contribution in [1.82, 2.24) is 10.6 Å². The zero-order valence-electron chi connectivity index (χ0n) is 23.3. The third-order valence-corrected chi connectivity index (χ3v) is 16.6. The fourth-order valence-corrected chi connectivity index (χ4v) is 9.36. The molecule has 0 saturated heterocycles. The highest BCUT2D eigenvalue weighted by molar-refractivity contribution is 7.99. The number of nitrogens with one attached hydrogen (secondary N) is 2. The van der Waals surface area contributed by atoms with Gasteiger partial charge >= 0.3 is 25.9 Å². The lowest BCUT2D eigenvalue weighted by molar-refractivity contribution is 0.123. The first-order valence-electron chi connectivity index (χ1n) is 12.1. The van der Waals surface area contributed by atoms with Crippen LogP contribution in [0.4, 0.5) is 0 Å². The molecule has 0 aliphatic heterocycles. The van der Waals surface area contributed by atoms with Gasteiger partial charge in [-0.15, -0.1) is 0 Å². The molecule has 1 atom stereocenters. The smallest absolute Gasteiger partial charge is 0.398 e. The Bertz CT molecular complexity index is 469. The Morgan fingerprint density at radius 1 is 0.618 bits per heavy atom. The predicted molar refractivity (Wildman–Crippen MR) is 148 cm³/mol. The maximum Gasteiger partial charge on any atom is 0.500 e. The first kappa shape index (κ1) is 34.6. The van der Waals surface area contributed by atoms with Crippen molar-refractivity contribution in [3.8, 4) is 0 Å². The lowest BCUT2D eigenvalue weighted by atomic mass is 10.3. The van der Waals surface area contributed by atoms with E-state index >= 15 is 0 Å². The van der Waals surface area contributed by atoms with E-state index in [2.05, 4.69) is 30.7 Å². The molecule has 0 aromatic carbocycles. The molecule has 2 N–H and O–H groups in total. The molecule has 0 radical (unpaired) electrons.